The van der Waals surface area contributed by atoms with Crippen molar-refractivity contribution in [2.75, 3.05) is 5.32 Å². The van der Waals surface area contributed by atoms with E-state index in [9.17, 15) is 9.18 Å². The van der Waals surface area contributed by atoms with Gasteiger partial charge in [-0.3, -0.25) is 4.79 Å². The number of nitrogens with one attached hydrogen (secondary N) is 1. The van der Waals surface area contributed by atoms with E-state index in [1.165, 1.54) is 29.5 Å². The number of anilines is 1. The number of aliphatic imine (C=N–C) groups is 1. The number of hydrogen-bond donors (Lipinski definition) is 2. The van der Waals surface area contributed by atoms with E-state index < -0.39 is 5.91 Å². The second-order valence-corrected chi connectivity index (χ2v) is 4.94. The third-order valence-corrected chi connectivity index (χ3v) is 3.12. The summed E-state index contributed by atoms with van der Waals surface area (Å²) in [5, 5.41) is 5.45. The summed E-state index contributed by atoms with van der Waals surface area (Å²) in [7, 11) is 0. The number of benzene rings is 1. The molecule has 108 valence electrons. The van der Waals surface area contributed by atoms with Crippen LogP contribution in [-0.2, 0) is 11.2 Å². The molecule has 7 heteroatoms. The van der Waals surface area contributed by atoms with Crippen LogP contribution in [0.2, 0.25) is 0 Å². The molecule has 1 aromatic heterocycles. The van der Waals surface area contributed by atoms with Gasteiger partial charge in [0.15, 0.2) is 5.13 Å². The Morgan fingerprint density at radius 3 is 2.86 bits per heavy atom. The number of thiazole rings is 1. The average Bonchev–Trinajstić information content (AvgIpc) is 2.94. The van der Waals surface area contributed by atoms with Crippen LogP contribution in [0.15, 0.2) is 53.1 Å². The summed E-state index contributed by atoms with van der Waals surface area (Å²) in [6.45, 7) is 0. The zero-order chi connectivity index (χ0) is 15.1. The molecule has 0 aliphatic rings. The molecule has 0 atom stereocenters. The molecule has 0 saturated carbocycles. The standard InChI is InChI=1S/C14H13FN4OS/c15-11-3-1-10(2-4-11)9-13(20)19-12(16)5-6-17-14-18-7-8-21-14/h1-8H,9H2,(H,17,18)(H2,16,19,20)/b6-5-. The lowest BCUT2D eigenvalue weighted by atomic mass is 10.1. The predicted octanol–water partition coefficient (Wildman–Crippen LogP) is 2.33. The lowest BCUT2D eigenvalue weighted by molar-refractivity contribution is -0.117. The molecule has 0 aliphatic carbocycles. The van der Waals surface area contributed by atoms with Crippen molar-refractivity contribution in [2.45, 2.75) is 6.42 Å². The summed E-state index contributed by atoms with van der Waals surface area (Å²) in [4.78, 5) is 19.4. The largest absolute Gasteiger partial charge is 0.384 e. The quantitative estimate of drug-likeness (QED) is 0.656. The van der Waals surface area contributed by atoms with Gasteiger partial charge in [-0.25, -0.2) is 9.37 Å². The van der Waals surface area contributed by atoms with E-state index in [1.54, 1.807) is 24.5 Å². The SMILES string of the molecule is NC(/C=C\Nc1nccs1)=NC(=O)Cc1ccc(F)cc1. The average molecular weight is 304 g/mol. The Bertz CT molecular complexity index is 650. The monoisotopic (exact) mass is 304 g/mol. The van der Waals surface area contributed by atoms with Gasteiger partial charge >= 0.3 is 0 Å². The van der Waals surface area contributed by atoms with Gasteiger partial charge in [-0.15, -0.1) is 11.3 Å². The van der Waals surface area contributed by atoms with Crippen LogP contribution in [0.3, 0.4) is 0 Å². The number of nitrogens with two attached hydrogens (primary N) is 1. The number of carbonyl (C=O) groups is 1. The number of hydrogen-bond acceptors (Lipinski definition) is 4. The van der Waals surface area contributed by atoms with Crippen LogP contribution < -0.4 is 11.1 Å². The van der Waals surface area contributed by atoms with Crippen LogP contribution in [0.25, 0.3) is 0 Å². The Hall–Kier alpha value is -2.54. The minimum Gasteiger partial charge on any atom is -0.384 e. The molecular formula is C14H13FN4OS. The molecule has 0 spiro atoms. The number of nitrogens with zero attached hydrogens (tertiary/aromatic N) is 2. The predicted molar refractivity (Wildman–Crippen MR) is 81.6 cm³/mol. The van der Waals surface area contributed by atoms with Crippen molar-refractivity contribution in [2.24, 2.45) is 10.7 Å². The van der Waals surface area contributed by atoms with Crippen LogP contribution in [-0.4, -0.2) is 16.7 Å². The fourth-order valence-corrected chi connectivity index (χ4v) is 2.00. The maximum absolute atomic E-state index is 12.7. The Balaban J connectivity index is 1.87. The maximum Gasteiger partial charge on any atom is 0.252 e. The van der Waals surface area contributed by atoms with Crippen molar-refractivity contribution >= 4 is 28.2 Å². The number of amidine groups is 1. The van der Waals surface area contributed by atoms with Gasteiger partial charge in [-0.05, 0) is 23.8 Å². The highest BCUT2D eigenvalue weighted by Gasteiger charge is 2.02. The maximum atomic E-state index is 12.7. The summed E-state index contributed by atoms with van der Waals surface area (Å²) in [6, 6.07) is 5.68. The number of carbonyl (C=O) groups excluding carboxylic acids is 1. The first kappa shape index (κ1) is 14.9. The highest BCUT2D eigenvalue weighted by molar-refractivity contribution is 7.13. The summed E-state index contributed by atoms with van der Waals surface area (Å²) in [5.74, 6) is -0.644. The molecule has 0 aliphatic heterocycles. The first-order chi connectivity index (χ1) is 10.1. The molecule has 0 unspecified atom stereocenters. The smallest absolute Gasteiger partial charge is 0.252 e. The van der Waals surface area contributed by atoms with Gasteiger partial charge in [-0.1, -0.05) is 12.1 Å². The minimum absolute atomic E-state index is 0.0781. The molecule has 3 N–H and O–H groups in total. The number of rotatable bonds is 5. The van der Waals surface area contributed by atoms with Crippen molar-refractivity contribution in [3.05, 3.63) is 59.5 Å². The Kier molecular flexibility index (Phi) is 5.16. The number of aromatic nitrogens is 1. The lowest BCUT2D eigenvalue weighted by Gasteiger charge is -1.98. The molecular weight excluding hydrogens is 291 g/mol. The Morgan fingerprint density at radius 2 is 2.19 bits per heavy atom. The third-order valence-electron chi connectivity index (χ3n) is 2.42. The van der Waals surface area contributed by atoms with Gasteiger partial charge in [0.1, 0.15) is 11.7 Å². The first-order valence-electron chi connectivity index (χ1n) is 6.07. The molecule has 0 bridgehead atoms. The lowest BCUT2D eigenvalue weighted by Crippen LogP contribution is -2.12. The zero-order valence-electron chi connectivity index (χ0n) is 11.0. The van der Waals surface area contributed by atoms with Crippen LogP contribution in [0, 0.1) is 5.82 Å². The zero-order valence-corrected chi connectivity index (χ0v) is 11.8. The van der Waals surface area contributed by atoms with E-state index in [4.69, 9.17) is 5.73 Å². The highest BCUT2D eigenvalue weighted by atomic mass is 32.1. The first-order valence-corrected chi connectivity index (χ1v) is 6.95. The van der Waals surface area contributed by atoms with Crippen LogP contribution >= 0.6 is 11.3 Å². The van der Waals surface area contributed by atoms with Gasteiger partial charge in [0.2, 0.25) is 0 Å². The Labute approximate surface area is 125 Å². The van der Waals surface area contributed by atoms with Crippen LogP contribution in [0.5, 0.6) is 0 Å². The van der Waals surface area contributed by atoms with E-state index in [-0.39, 0.29) is 18.1 Å². The molecule has 0 saturated heterocycles. The second kappa shape index (κ2) is 7.30. The van der Waals surface area contributed by atoms with Crippen molar-refractivity contribution in [3.8, 4) is 0 Å². The molecule has 5 nitrogen and oxygen atoms in total. The van der Waals surface area contributed by atoms with Crippen molar-refractivity contribution in [1.82, 2.24) is 4.98 Å². The van der Waals surface area contributed by atoms with E-state index in [0.29, 0.717) is 5.56 Å². The van der Waals surface area contributed by atoms with Crippen LogP contribution in [0.1, 0.15) is 5.56 Å². The third kappa shape index (κ3) is 5.15. The molecule has 21 heavy (non-hydrogen) atoms. The van der Waals surface area contributed by atoms with E-state index >= 15 is 0 Å². The molecule has 2 rings (SSSR count). The summed E-state index contributed by atoms with van der Waals surface area (Å²) >= 11 is 1.44. The minimum atomic E-state index is -0.391. The van der Waals surface area contributed by atoms with Crippen molar-refractivity contribution in [1.29, 1.82) is 0 Å². The normalized spacial score (nSPS) is 11.8. The van der Waals surface area contributed by atoms with Gasteiger partial charge in [0.25, 0.3) is 5.91 Å². The van der Waals surface area contributed by atoms with Gasteiger partial charge in [0, 0.05) is 17.8 Å². The van der Waals surface area contributed by atoms with Gasteiger partial charge in [-0.2, -0.15) is 4.99 Å². The van der Waals surface area contributed by atoms with Crippen molar-refractivity contribution in [3.63, 3.8) is 0 Å². The van der Waals surface area contributed by atoms with E-state index in [2.05, 4.69) is 15.3 Å². The van der Waals surface area contributed by atoms with Crippen LogP contribution in [0.4, 0.5) is 9.52 Å². The molecule has 2 aromatic rings. The molecule has 1 amide bonds. The topological polar surface area (TPSA) is 80.4 Å². The number of halogens is 1. The molecule has 0 radical (unpaired) electrons. The van der Waals surface area contributed by atoms with E-state index in [1.807, 2.05) is 5.38 Å². The Morgan fingerprint density at radius 1 is 1.43 bits per heavy atom. The van der Waals surface area contributed by atoms with Gasteiger partial charge in [0.05, 0.1) is 6.42 Å². The van der Waals surface area contributed by atoms with Gasteiger partial charge < -0.3 is 11.1 Å². The second-order valence-electron chi connectivity index (χ2n) is 4.05. The summed E-state index contributed by atoms with van der Waals surface area (Å²) in [6.07, 6.45) is 4.78. The van der Waals surface area contributed by atoms with E-state index in [0.717, 1.165) is 5.13 Å². The number of amides is 1. The summed E-state index contributed by atoms with van der Waals surface area (Å²) in [5.41, 5.74) is 6.30. The molecule has 0 fully saturated rings. The highest BCUT2D eigenvalue weighted by Crippen LogP contribution is 2.09. The summed E-state index contributed by atoms with van der Waals surface area (Å²) < 4.78 is 12.7. The molecule has 1 aromatic carbocycles. The molecule has 1 heterocycles. The van der Waals surface area contributed by atoms with Crippen molar-refractivity contribution < 1.29 is 9.18 Å². The fraction of sp³-hybridized carbons (Fsp3) is 0.0714. The fourth-order valence-electron chi connectivity index (χ4n) is 1.49.